The Hall–Kier alpha value is -1.73. The van der Waals surface area contributed by atoms with Gasteiger partial charge < -0.3 is 5.11 Å². The van der Waals surface area contributed by atoms with Gasteiger partial charge in [-0.05, 0) is 0 Å². The number of urea groups is 1. The van der Waals surface area contributed by atoms with E-state index in [0.717, 1.165) is 10.8 Å². The Morgan fingerprint density at radius 3 is 2.63 bits per heavy atom. The van der Waals surface area contributed by atoms with Gasteiger partial charge in [-0.1, -0.05) is 20.8 Å². The maximum Gasteiger partial charge on any atom is 0.351 e. The van der Waals surface area contributed by atoms with E-state index in [9.17, 15) is 9.90 Å². The Bertz CT molecular complexity index is 486. The van der Waals surface area contributed by atoms with Gasteiger partial charge in [-0.25, -0.2) is 19.7 Å². The molecule has 1 aromatic heterocycles. The highest BCUT2D eigenvalue weighted by atomic mass is 16.7. The van der Waals surface area contributed by atoms with E-state index in [1.54, 1.807) is 6.07 Å². The quantitative estimate of drug-likeness (QED) is 0.860. The Kier molecular flexibility index (Phi) is 3.42. The van der Waals surface area contributed by atoms with E-state index in [4.69, 9.17) is 4.84 Å². The number of carbonyl (C=O) groups excluding carboxylic acids is 1. The van der Waals surface area contributed by atoms with Crippen molar-refractivity contribution in [3.8, 4) is 0 Å². The normalized spacial score (nSPS) is 20.3. The van der Waals surface area contributed by atoms with Gasteiger partial charge >= 0.3 is 6.03 Å². The van der Waals surface area contributed by atoms with E-state index in [1.807, 2.05) is 20.8 Å². The first-order valence-electron chi connectivity index (χ1n) is 6.00. The van der Waals surface area contributed by atoms with Crippen LogP contribution in [0.3, 0.4) is 0 Å². The molecular weight excluding hydrogens is 248 g/mol. The summed E-state index contributed by atoms with van der Waals surface area (Å²) in [5, 5.41) is 11.0. The van der Waals surface area contributed by atoms with E-state index in [0.29, 0.717) is 5.82 Å². The number of anilines is 1. The summed E-state index contributed by atoms with van der Waals surface area (Å²) in [6, 6.07) is 1.27. The minimum absolute atomic E-state index is 0.0875. The average Bonchev–Trinajstić information content (AvgIpc) is 2.63. The van der Waals surface area contributed by atoms with E-state index in [2.05, 4.69) is 9.97 Å². The lowest BCUT2D eigenvalue weighted by Gasteiger charge is -2.22. The van der Waals surface area contributed by atoms with Crippen molar-refractivity contribution in [1.82, 2.24) is 15.0 Å². The Labute approximate surface area is 111 Å². The number of β-amino-alcohol motifs (C(OH)–C–C–N with tert-alkyl or cyclic N) is 1. The van der Waals surface area contributed by atoms with E-state index in [1.165, 1.54) is 18.3 Å². The van der Waals surface area contributed by atoms with Gasteiger partial charge in [0.2, 0.25) is 0 Å². The minimum Gasteiger partial charge on any atom is -0.371 e. The van der Waals surface area contributed by atoms with E-state index >= 15 is 0 Å². The zero-order chi connectivity index (χ0) is 14.2. The van der Waals surface area contributed by atoms with Crippen LogP contribution in [0.5, 0.6) is 0 Å². The van der Waals surface area contributed by atoms with Crippen molar-refractivity contribution in [2.24, 2.45) is 0 Å². The number of nitrogens with zero attached hydrogens (tertiary/aromatic N) is 4. The first kappa shape index (κ1) is 13.7. The maximum atomic E-state index is 12.0. The zero-order valence-corrected chi connectivity index (χ0v) is 11.5. The molecule has 0 saturated carbocycles. The van der Waals surface area contributed by atoms with Gasteiger partial charge in [-0.3, -0.25) is 4.84 Å². The summed E-state index contributed by atoms with van der Waals surface area (Å²) < 4.78 is 0. The van der Waals surface area contributed by atoms with E-state index < -0.39 is 12.3 Å². The van der Waals surface area contributed by atoms with Gasteiger partial charge in [0.05, 0.1) is 19.3 Å². The van der Waals surface area contributed by atoms with E-state index in [-0.39, 0.29) is 12.0 Å². The number of hydroxylamine groups is 2. The predicted octanol–water partition coefficient (Wildman–Crippen LogP) is 0.896. The molecule has 1 unspecified atom stereocenters. The van der Waals surface area contributed by atoms with Gasteiger partial charge in [0.25, 0.3) is 0 Å². The van der Waals surface area contributed by atoms with Crippen molar-refractivity contribution in [2.45, 2.75) is 32.4 Å². The number of hydrogen-bond acceptors (Lipinski definition) is 5. The standard InChI is InChI=1S/C12H18N4O3/c1-12(2,3)8-5-9(14-7-13-8)16-10(17)6-15(19-4)11(16)18/h5,7,10,17H,6H2,1-4H3. The van der Waals surface area contributed by atoms with Gasteiger partial charge in [0, 0.05) is 11.5 Å². The molecule has 2 amide bonds. The second kappa shape index (κ2) is 4.75. The van der Waals surface area contributed by atoms with Crippen molar-refractivity contribution < 1.29 is 14.7 Å². The molecule has 7 nitrogen and oxygen atoms in total. The Morgan fingerprint density at radius 2 is 2.11 bits per heavy atom. The second-order valence-corrected chi connectivity index (χ2v) is 5.39. The molecule has 2 heterocycles. The number of rotatable bonds is 2. The number of aromatic nitrogens is 2. The topological polar surface area (TPSA) is 78.8 Å². The molecule has 0 aliphatic carbocycles. The van der Waals surface area contributed by atoms with Gasteiger partial charge in [-0.2, -0.15) is 5.06 Å². The molecule has 0 spiro atoms. The predicted molar refractivity (Wildman–Crippen MR) is 68.3 cm³/mol. The van der Waals surface area contributed by atoms with Crippen LogP contribution in [0.1, 0.15) is 26.5 Å². The summed E-state index contributed by atoms with van der Waals surface area (Å²) in [5.74, 6) is 0.372. The average molecular weight is 266 g/mol. The minimum atomic E-state index is -0.977. The molecular formula is C12H18N4O3. The molecule has 2 rings (SSSR count). The lowest BCUT2D eigenvalue weighted by atomic mass is 9.92. The van der Waals surface area contributed by atoms with Crippen LogP contribution in [-0.2, 0) is 10.3 Å². The SMILES string of the molecule is CON1CC(O)N(c2cc(C(C)(C)C)ncn2)C1=O. The van der Waals surface area contributed by atoms with Crippen molar-refractivity contribution >= 4 is 11.8 Å². The van der Waals surface area contributed by atoms with Crippen LogP contribution in [-0.4, -0.2) is 46.1 Å². The number of hydrogen-bond donors (Lipinski definition) is 1. The molecule has 0 radical (unpaired) electrons. The fourth-order valence-corrected chi connectivity index (χ4v) is 1.85. The molecule has 1 aliphatic rings. The third-order valence-corrected chi connectivity index (χ3v) is 2.93. The van der Waals surface area contributed by atoms with Crippen LogP contribution in [0.2, 0.25) is 0 Å². The second-order valence-electron chi connectivity index (χ2n) is 5.39. The molecule has 19 heavy (non-hydrogen) atoms. The molecule has 1 aliphatic heterocycles. The van der Waals surface area contributed by atoms with Gasteiger partial charge in [0.15, 0.2) is 6.23 Å². The summed E-state index contributed by atoms with van der Waals surface area (Å²) in [7, 11) is 1.38. The highest BCUT2D eigenvalue weighted by Gasteiger charge is 2.39. The van der Waals surface area contributed by atoms with Gasteiger partial charge in [-0.15, -0.1) is 0 Å². The lowest BCUT2D eigenvalue weighted by Crippen LogP contribution is -2.35. The molecule has 1 saturated heterocycles. The van der Waals surface area contributed by atoms with Crippen molar-refractivity contribution in [3.05, 3.63) is 18.1 Å². The summed E-state index contributed by atoms with van der Waals surface area (Å²) in [5.41, 5.74) is 0.639. The highest BCUT2D eigenvalue weighted by Crippen LogP contribution is 2.26. The molecule has 7 heteroatoms. The maximum absolute atomic E-state index is 12.0. The number of amides is 2. The smallest absolute Gasteiger partial charge is 0.351 e. The van der Waals surface area contributed by atoms with Crippen molar-refractivity contribution in [3.63, 3.8) is 0 Å². The van der Waals surface area contributed by atoms with Crippen LogP contribution >= 0.6 is 0 Å². The number of carbonyl (C=O) groups is 1. The van der Waals surface area contributed by atoms with Crippen LogP contribution in [0.15, 0.2) is 12.4 Å². The Balaban J connectivity index is 2.35. The highest BCUT2D eigenvalue weighted by molar-refractivity contribution is 5.92. The summed E-state index contributed by atoms with van der Waals surface area (Å²) >= 11 is 0. The first-order chi connectivity index (χ1) is 8.84. The summed E-state index contributed by atoms with van der Waals surface area (Å²) in [6.45, 7) is 6.14. The molecule has 0 aromatic carbocycles. The monoisotopic (exact) mass is 266 g/mol. The summed E-state index contributed by atoms with van der Waals surface area (Å²) in [4.78, 5) is 26.3. The molecule has 1 atom stereocenters. The molecule has 1 aromatic rings. The third-order valence-electron chi connectivity index (χ3n) is 2.93. The molecule has 104 valence electrons. The van der Waals surface area contributed by atoms with Crippen LogP contribution in [0.4, 0.5) is 10.6 Å². The molecule has 0 bridgehead atoms. The Morgan fingerprint density at radius 1 is 1.42 bits per heavy atom. The fourth-order valence-electron chi connectivity index (χ4n) is 1.85. The fraction of sp³-hybridized carbons (Fsp3) is 0.583. The van der Waals surface area contributed by atoms with Crippen molar-refractivity contribution in [1.29, 1.82) is 0 Å². The third kappa shape index (κ3) is 2.52. The van der Waals surface area contributed by atoms with Crippen LogP contribution in [0, 0.1) is 0 Å². The zero-order valence-electron chi connectivity index (χ0n) is 11.5. The number of aliphatic hydroxyl groups is 1. The molecule has 1 fully saturated rings. The van der Waals surface area contributed by atoms with Crippen LogP contribution in [0.25, 0.3) is 0 Å². The van der Waals surface area contributed by atoms with Crippen LogP contribution < -0.4 is 4.90 Å². The number of aliphatic hydroxyl groups excluding tert-OH is 1. The van der Waals surface area contributed by atoms with Gasteiger partial charge in [0.1, 0.15) is 12.1 Å². The summed E-state index contributed by atoms with van der Waals surface area (Å²) in [6.07, 6.45) is 0.418. The lowest BCUT2D eigenvalue weighted by molar-refractivity contribution is -0.0813. The molecule has 1 N–H and O–H groups in total. The first-order valence-corrected chi connectivity index (χ1v) is 6.00. The largest absolute Gasteiger partial charge is 0.371 e. The van der Waals surface area contributed by atoms with Crippen molar-refractivity contribution in [2.75, 3.05) is 18.6 Å².